The molecule has 0 spiro atoms. The molecule has 0 aromatic heterocycles. The summed E-state index contributed by atoms with van der Waals surface area (Å²) in [4.78, 5) is 20.4. The third-order valence-electron chi connectivity index (χ3n) is 1.07. The van der Waals surface area contributed by atoms with Gasteiger partial charge in [0.05, 0.1) is 6.42 Å². The Morgan fingerprint density at radius 3 is 2.17 bits per heavy atom. The molecule has 0 saturated heterocycles. The van der Waals surface area contributed by atoms with E-state index < -0.39 is 18.4 Å². The minimum atomic E-state index is -1.16. The van der Waals surface area contributed by atoms with E-state index in [4.69, 9.17) is 10.2 Å². The van der Waals surface area contributed by atoms with Crippen LogP contribution in [0.5, 0.6) is 0 Å². The molecular formula is C7H11NaO4. The van der Waals surface area contributed by atoms with Gasteiger partial charge >= 0.3 is 41.5 Å². The molecule has 0 heterocycles. The SMILES string of the molecule is CCC=C(CC(=O)O)C(=O)O.[H-].[Na+]. The summed E-state index contributed by atoms with van der Waals surface area (Å²) in [5.74, 6) is -2.28. The average molecular weight is 182 g/mol. The van der Waals surface area contributed by atoms with Crippen molar-refractivity contribution < 1.29 is 50.8 Å². The summed E-state index contributed by atoms with van der Waals surface area (Å²) in [5.41, 5.74) is -0.0556. The van der Waals surface area contributed by atoms with Gasteiger partial charge in [-0.2, -0.15) is 0 Å². The van der Waals surface area contributed by atoms with Crippen molar-refractivity contribution in [2.45, 2.75) is 19.8 Å². The van der Waals surface area contributed by atoms with Crippen LogP contribution in [0.25, 0.3) is 0 Å². The van der Waals surface area contributed by atoms with Crippen LogP contribution in [-0.2, 0) is 9.59 Å². The average Bonchev–Trinajstić information content (AvgIpc) is 1.86. The van der Waals surface area contributed by atoms with Crippen molar-refractivity contribution in [2.24, 2.45) is 0 Å². The summed E-state index contributed by atoms with van der Waals surface area (Å²) >= 11 is 0. The van der Waals surface area contributed by atoms with Gasteiger partial charge in [0, 0.05) is 5.57 Å². The van der Waals surface area contributed by atoms with Crippen LogP contribution in [0.4, 0.5) is 0 Å². The first-order chi connectivity index (χ1) is 5.07. The van der Waals surface area contributed by atoms with E-state index in [2.05, 4.69) is 0 Å². The third kappa shape index (κ3) is 6.39. The minimum Gasteiger partial charge on any atom is -1.00 e. The standard InChI is InChI=1S/C7H10O4.Na.H/c1-2-3-5(7(10)11)4-6(8)9;;/h3H,2,4H2,1H3,(H,8,9)(H,10,11);;/q;+1;-1. The maximum absolute atomic E-state index is 10.3. The number of allylic oxidation sites excluding steroid dienone is 1. The van der Waals surface area contributed by atoms with Gasteiger partial charge in [0.1, 0.15) is 0 Å². The summed E-state index contributed by atoms with van der Waals surface area (Å²) in [5, 5.41) is 16.7. The fourth-order valence-electron chi connectivity index (χ4n) is 0.644. The number of hydrogen-bond acceptors (Lipinski definition) is 2. The van der Waals surface area contributed by atoms with Crippen LogP contribution in [0.15, 0.2) is 11.6 Å². The van der Waals surface area contributed by atoms with E-state index in [1.54, 1.807) is 6.92 Å². The molecule has 12 heavy (non-hydrogen) atoms. The van der Waals surface area contributed by atoms with Gasteiger partial charge in [-0.25, -0.2) is 4.79 Å². The zero-order valence-corrected chi connectivity index (χ0v) is 9.20. The molecule has 0 bridgehead atoms. The molecule has 0 unspecified atom stereocenters. The van der Waals surface area contributed by atoms with Crippen molar-refractivity contribution in [3.63, 3.8) is 0 Å². The maximum Gasteiger partial charge on any atom is 1.00 e. The molecule has 2 N–H and O–H groups in total. The molecule has 0 aliphatic carbocycles. The Morgan fingerprint density at radius 1 is 1.42 bits per heavy atom. The third-order valence-corrected chi connectivity index (χ3v) is 1.07. The summed E-state index contributed by atoms with van der Waals surface area (Å²) in [7, 11) is 0. The zero-order valence-electron chi connectivity index (χ0n) is 8.20. The normalized spacial score (nSPS) is 10.2. The molecule has 0 saturated carbocycles. The van der Waals surface area contributed by atoms with Crippen molar-refractivity contribution >= 4 is 11.9 Å². The second-order valence-electron chi connectivity index (χ2n) is 2.01. The Bertz CT molecular complexity index is 203. The van der Waals surface area contributed by atoms with Crippen molar-refractivity contribution in [1.82, 2.24) is 0 Å². The van der Waals surface area contributed by atoms with E-state index in [0.29, 0.717) is 6.42 Å². The Labute approximate surface area is 94.0 Å². The molecule has 0 amide bonds. The van der Waals surface area contributed by atoms with Crippen molar-refractivity contribution in [3.8, 4) is 0 Å². The van der Waals surface area contributed by atoms with Gasteiger partial charge in [-0.3, -0.25) is 4.79 Å². The second kappa shape index (κ2) is 7.34. The van der Waals surface area contributed by atoms with Crippen LogP contribution in [-0.4, -0.2) is 22.2 Å². The summed E-state index contributed by atoms with van der Waals surface area (Å²) in [6.45, 7) is 1.75. The number of rotatable bonds is 4. The molecule has 0 fully saturated rings. The Balaban J connectivity index is -0.000000500. The molecule has 0 rings (SSSR count). The molecule has 0 aromatic carbocycles. The summed E-state index contributed by atoms with van der Waals surface area (Å²) < 4.78 is 0. The predicted octanol–water partition coefficient (Wildman–Crippen LogP) is -2.00. The second-order valence-corrected chi connectivity index (χ2v) is 2.01. The van der Waals surface area contributed by atoms with Gasteiger partial charge < -0.3 is 11.6 Å². The van der Waals surface area contributed by atoms with E-state index in [1.165, 1.54) is 6.08 Å². The number of carboxylic acids is 2. The van der Waals surface area contributed by atoms with Crippen molar-refractivity contribution in [2.75, 3.05) is 0 Å². The zero-order chi connectivity index (χ0) is 8.85. The van der Waals surface area contributed by atoms with Gasteiger partial charge in [0.2, 0.25) is 0 Å². The van der Waals surface area contributed by atoms with Crippen molar-refractivity contribution in [3.05, 3.63) is 11.6 Å². The largest absolute Gasteiger partial charge is 1.00 e. The number of aliphatic carboxylic acids is 2. The topological polar surface area (TPSA) is 74.6 Å². The number of carbonyl (C=O) groups is 2. The number of hydrogen-bond donors (Lipinski definition) is 2. The number of carboxylic acid groups (broad SMARTS) is 2. The van der Waals surface area contributed by atoms with Gasteiger partial charge in [-0.15, -0.1) is 0 Å². The quantitative estimate of drug-likeness (QED) is 0.389. The summed E-state index contributed by atoms with van der Waals surface area (Å²) in [6.07, 6.45) is 1.52. The van der Waals surface area contributed by atoms with Crippen LogP contribution < -0.4 is 29.6 Å². The van der Waals surface area contributed by atoms with E-state index in [9.17, 15) is 9.59 Å². The fourth-order valence-corrected chi connectivity index (χ4v) is 0.644. The molecule has 0 radical (unpaired) electrons. The first-order valence-electron chi connectivity index (χ1n) is 3.22. The van der Waals surface area contributed by atoms with E-state index in [0.717, 1.165) is 0 Å². The molecule has 0 aliphatic rings. The first-order valence-corrected chi connectivity index (χ1v) is 3.22. The van der Waals surface area contributed by atoms with Gasteiger partial charge in [0.15, 0.2) is 0 Å². The van der Waals surface area contributed by atoms with Gasteiger partial charge in [0.25, 0.3) is 0 Å². The maximum atomic E-state index is 10.3. The monoisotopic (exact) mass is 182 g/mol. The van der Waals surface area contributed by atoms with Crippen LogP contribution in [0.2, 0.25) is 0 Å². The molecule has 5 heteroatoms. The van der Waals surface area contributed by atoms with Gasteiger partial charge in [-0.1, -0.05) is 13.0 Å². The molecule has 0 aliphatic heterocycles. The molecule has 0 aromatic rings. The first kappa shape index (κ1) is 14.2. The molecular weight excluding hydrogens is 171 g/mol. The Kier molecular flexibility index (Phi) is 8.69. The van der Waals surface area contributed by atoms with Gasteiger partial charge in [-0.05, 0) is 6.42 Å². The molecule has 0 atom stereocenters. The molecule has 4 nitrogen and oxygen atoms in total. The van der Waals surface area contributed by atoms with E-state index >= 15 is 0 Å². The Morgan fingerprint density at radius 2 is 1.92 bits per heavy atom. The fraction of sp³-hybridized carbons (Fsp3) is 0.429. The minimum absolute atomic E-state index is 0. The summed E-state index contributed by atoms with van der Waals surface area (Å²) in [6, 6.07) is 0. The molecule has 64 valence electrons. The van der Waals surface area contributed by atoms with Crippen molar-refractivity contribution in [1.29, 1.82) is 0 Å². The predicted molar refractivity (Wildman–Crippen MR) is 39.4 cm³/mol. The van der Waals surface area contributed by atoms with E-state index in [1.807, 2.05) is 0 Å². The van der Waals surface area contributed by atoms with Crippen LogP contribution in [0.1, 0.15) is 21.2 Å². The van der Waals surface area contributed by atoms with E-state index in [-0.39, 0.29) is 36.6 Å². The Hall–Kier alpha value is -0.320. The van der Waals surface area contributed by atoms with Crippen LogP contribution in [0, 0.1) is 0 Å². The van der Waals surface area contributed by atoms with Crippen LogP contribution >= 0.6 is 0 Å². The van der Waals surface area contributed by atoms with Crippen LogP contribution in [0.3, 0.4) is 0 Å². The smallest absolute Gasteiger partial charge is 1.00 e.